The molecule has 0 saturated heterocycles. The van der Waals surface area contributed by atoms with Crippen molar-refractivity contribution in [3.63, 3.8) is 0 Å². The van der Waals surface area contributed by atoms with Crippen molar-refractivity contribution in [3.8, 4) is 0 Å². The molecule has 0 fully saturated rings. The van der Waals surface area contributed by atoms with Gasteiger partial charge in [0.2, 0.25) is 5.72 Å². The third-order valence-corrected chi connectivity index (χ3v) is 3.95. The Kier molecular flexibility index (Phi) is 11.6. The molecule has 21 heavy (non-hydrogen) atoms. The number of hydroxylamine groups is 2. The Labute approximate surface area is 128 Å². The summed E-state index contributed by atoms with van der Waals surface area (Å²) in [4.78, 5) is 11.1. The van der Waals surface area contributed by atoms with Crippen LogP contribution in [0.1, 0.15) is 84.5 Å². The number of carboxylic acid groups (broad SMARTS) is 1. The average molecular weight is 303 g/mol. The molecule has 0 radical (unpaired) electrons. The van der Waals surface area contributed by atoms with Gasteiger partial charge in [0.25, 0.3) is 0 Å². The van der Waals surface area contributed by atoms with Crippen LogP contribution < -0.4 is 0 Å². The minimum absolute atomic E-state index is 0.0587. The Balaban J connectivity index is 3.66. The van der Waals surface area contributed by atoms with Crippen LogP contribution in [0, 0.1) is 0 Å². The average Bonchev–Trinajstić information content (AvgIpc) is 2.47. The van der Waals surface area contributed by atoms with Gasteiger partial charge in [0.15, 0.2) is 0 Å². The van der Waals surface area contributed by atoms with Gasteiger partial charge >= 0.3 is 5.97 Å². The second-order valence-electron chi connectivity index (χ2n) is 5.77. The van der Waals surface area contributed by atoms with E-state index < -0.39 is 11.7 Å². The molecular formula is C16H33NO4. The summed E-state index contributed by atoms with van der Waals surface area (Å²) in [5, 5.41) is 29.0. The van der Waals surface area contributed by atoms with Crippen molar-refractivity contribution in [2.24, 2.45) is 0 Å². The van der Waals surface area contributed by atoms with Crippen molar-refractivity contribution in [3.05, 3.63) is 0 Å². The molecule has 0 aliphatic carbocycles. The van der Waals surface area contributed by atoms with Gasteiger partial charge in [-0.3, -0.25) is 0 Å². The number of unbranched alkanes of at least 4 members (excludes halogenated alkanes) is 9. The molecule has 126 valence electrons. The zero-order valence-corrected chi connectivity index (χ0v) is 13.7. The SMILES string of the molecule is CCCCCCCCCCCCC(O)(C(=O)O)N(O)CC. The van der Waals surface area contributed by atoms with Crippen LogP contribution in [0.5, 0.6) is 0 Å². The van der Waals surface area contributed by atoms with Crippen molar-refractivity contribution in [2.45, 2.75) is 90.2 Å². The number of carboxylic acids is 1. The maximum Gasteiger partial charge on any atom is 0.353 e. The first kappa shape index (κ1) is 20.3. The van der Waals surface area contributed by atoms with Crippen molar-refractivity contribution in [1.29, 1.82) is 0 Å². The molecule has 0 aliphatic rings. The predicted molar refractivity (Wildman–Crippen MR) is 83.2 cm³/mol. The molecule has 5 nitrogen and oxygen atoms in total. The summed E-state index contributed by atoms with van der Waals surface area (Å²) in [7, 11) is 0. The molecule has 0 bridgehead atoms. The highest BCUT2D eigenvalue weighted by Crippen LogP contribution is 2.20. The number of nitrogens with zero attached hydrogens (tertiary/aromatic N) is 1. The van der Waals surface area contributed by atoms with Crippen LogP contribution in [0.15, 0.2) is 0 Å². The Morgan fingerprint density at radius 1 is 0.905 bits per heavy atom. The molecule has 0 aromatic carbocycles. The lowest BCUT2D eigenvalue weighted by Gasteiger charge is -2.30. The molecule has 0 aromatic heterocycles. The molecule has 0 amide bonds. The molecule has 5 heteroatoms. The van der Waals surface area contributed by atoms with E-state index >= 15 is 0 Å². The van der Waals surface area contributed by atoms with E-state index in [9.17, 15) is 15.1 Å². The van der Waals surface area contributed by atoms with Crippen LogP contribution in [0.2, 0.25) is 0 Å². The highest BCUT2D eigenvalue weighted by molar-refractivity contribution is 5.76. The Hall–Kier alpha value is -0.650. The fraction of sp³-hybridized carbons (Fsp3) is 0.938. The molecule has 1 atom stereocenters. The quantitative estimate of drug-likeness (QED) is 0.258. The van der Waals surface area contributed by atoms with E-state index in [2.05, 4.69) is 6.92 Å². The zero-order valence-electron chi connectivity index (χ0n) is 13.7. The van der Waals surface area contributed by atoms with E-state index in [4.69, 9.17) is 5.11 Å². The third-order valence-electron chi connectivity index (χ3n) is 3.95. The fourth-order valence-corrected chi connectivity index (χ4v) is 2.47. The monoisotopic (exact) mass is 303 g/mol. The standard InChI is InChI=1S/C16H33NO4/c1-3-5-6-7-8-9-10-11-12-13-14-16(20,15(18)19)17(21)4-2/h20-21H,3-14H2,1-2H3,(H,18,19). The second-order valence-corrected chi connectivity index (χ2v) is 5.77. The summed E-state index contributed by atoms with van der Waals surface area (Å²) in [5.74, 6) is -1.39. The molecule has 0 aliphatic heterocycles. The number of rotatable bonds is 14. The minimum atomic E-state index is -2.14. The van der Waals surface area contributed by atoms with E-state index in [1.807, 2.05) is 0 Å². The number of aliphatic carboxylic acids is 1. The normalized spacial score (nSPS) is 14.3. The first-order chi connectivity index (χ1) is 9.99. The lowest BCUT2D eigenvalue weighted by atomic mass is 10.0. The summed E-state index contributed by atoms with van der Waals surface area (Å²) in [6, 6.07) is 0. The lowest BCUT2D eigenvalue weighted by Crippen LogP contribution is -2.53. The van der Waals surface area contributed by atoms with Gasteiger partial charge in [-0.05, 0) is 13.3 Å². The summed E-state index contributed by atoms with van der Waals surface area (Å²) in [5.41, 5.74) is -2.14. The van der Waals surface area contributed by atoms with Crippen LogP contribution in [-0.2, 0) is 4.79 Å². The van der Waals surface area contributed by atoms with Crippen molar-refractivity contribution < 1.29 is 20.2 Å². The van der Waals surface area contributed by atoms with E-state index in [1.165, 1.54) is 38.5 Å². The van der Waals surface area contributed by atoms with Crippen LogP contribution in [0.25, 0.3) is 0 Å². The van der Waals surface area contributed by atoms with Crippen LogP contribution in [-0.4, -0.2) is 38.7 Å². The van der Waals surface area contributed by atoms with E-state index in [0.29, 0.717) is 11.5 Å². The van der Waals surface area contributed by atoms with Gasteiger partial charge in [0, 0.05) is 13.0 Å². The maximum absolute atomic E-state index is 11.1. The molecule has 0 spiro atoms. The van der Waals surface area contributed by atoms with E-state index in [0.717, 1.165) is 19.3 Å². The Morgan fingerprint density at radius 3 is 1.71 bits per heavy atom. The van der Waals surface area contributed by atoms with E-state index in [-0.39, 0.29) is 13.0 Å². The largest absolute Gasteiger partial charge is 0.478 e. The molecule has 0 aromatic rings. The fourth-order valence-electron chi connectivity index (χ4n) is 2.47. The van der Waals surface area contributed by atoms with Gasteiger partial charge < -0.3 is 15.4 Å². The number of hydrogen-bond donors (Lipinski definition) is 3. The number of likely N-dealkylation sites (N-methyl/N-ethyl adjacent to an activating group) is 1. The molecule has 0 saturated carbocycles. The molecule has 1 unspecified atom stereocenters. The maximum atomic E-state index is 11.1. The molecule has 0 rings (SSSR count). The van der Waals surface area contributed by atoms with Crippen molar-refractivity contribution in [1.82, 2.24) is 5.06 Å². The second kappa shape index (κ2) is 12.0. The molecule has 3 N–H and O–H groups in total. The van der Waals surface area contributed by atoms with E-state index in [1.54, 1.807) is 6.92 Å². The number of carbonyl (C=O) groups is 1. The first-order valence-electron chi connectivity index (χ1n) is 8.41. The van der Waals surface area contributed by atoms with Gasteiger partial charge in [-0.25, -0.2) is 4.79 Å². The molecule has 0 heterocycles. The summed E-state index contributed by atoms with van der Waals surface area (Å²) in [6.45, 7) is 3.90. The van der Waals surface area contributed by atoms with Gasteiger partial charge in [-0.15, -0.1) is 0 Å². The molecular weight excluding hydrogens is 270 g/mol. The van der Waals surface area contributed by atoms with Gasteiger partial charge in [0.1, 0.15) is 0 Å². The number of hydrogen-bond acceptors (Lipinski definition) is 4. The Bertz CT molecular complexity index is 273. The van der Waals surface area contributed by atoms with Gasteiger partial charge in [-0.1, -0.05) is 64.7 Å². The summed E-state index contributed by atoms with van der Waals surface area (Å²) >= 11 is 0. The van der Waals surface area contributed by atoms with Crippen molar-refractivity contribution >= 4 is 5.97 Å². The van der Waals surface area contributed by atoms with Crippen molar-refractivity contribution in [2.75, 3.05) is 6.54 Å². The first-order valence-corrected chi connectivity index (χ1v) is 8.41. The predicted octanol–water partition coefficient (Wildman–Crippen LogP) is 3.78. The zero-order chi connectivity index (χ0) is 16.1. The highest BCUT2D eigenvalue weighted by Gasteiger charge is 2.40. The van der Waals surface area contributed by atoms with Crippen LogP contribution >= 0.6 is 0 Å². The van der Waals surface area contributed by atoms with Crippen LogP contribution in [0.3, 0.4) is 0 Å². The topological polar surface area (TPSA) is 81.0 Å². The van der Waals surface area contributed by atoms with Gasteiger partial charge in [0.05, 0.1) is 0 Å². The summed E-state index contributed by atoms with van der Waals surface area (Å²) < 4.78 is 0. The van der Waals surface area contributed by atoms with Crippen LogP contribution in [0.4, 0.5) is 0 Å². The third kappa shape index (κ3) is 8.39. The lowest BCUT2D eigenvalue weighted by molar-refractivity contribution is -0.263. The highest BCUT2D eigenvalue weighted by atomic mass is 16.6. The smallest absolute Gasteiger partial charge is 0.353 e. The van der Waals surface area contributed by atoms with Gasteiger partial charge in [-0.2, -0.15) is 5.06 Å². The number of aliphatic hydroxyl groups is 1. The Morgan fingerprint density at radius 2 is 1.33 bits per heavy atom. The minimum Gasteiger partial charge on any atom is -0.478 e. The summed E-state index contributed by atoms with van der Waals surface area (Å²) in [6.07, 6.45) is 11.5.